The summed E-state index contributed by atoms with van der Waals surface area (Å²) in [6.07, 6.45) is 0.843. The number of phenolic OH excluding ortho intramolecular Hbond substituents is 1. The van der Waals surface area contributed by atoms with Crippen LogP contribution in [0.2, 0.25) is 0 Å². The van der Waals surface area contributed by atoms with Crippen LogP contribution in [0.3, 0.4) is 0 Å². The topological polar surface area (TPSA) is 46.5 Å². The molecule has 0 amide bonds. The van der Waals surface area contributed by atoms with E-state index >= 15 is 0 Å². The van der Waals surface area contributed by atoms with Gasteiger partial charge in [-0.2, -0.15) is 0 Å². The summed E-state index contributed by atoms with van der Waals surface area (Å²) in [7, 11) is 0. The molecule has 0 saturated heterocycles. The van der Waals surface area contributed by atoms with Crippen LogP contribution in [0.5, 0.6) is 11.5 Å². The minimum Gasteiger partial charge on any atom is -0.508 e. The summed E-state index contributed by atoms with van der Waals surface area (Å²) in [6.45, 7) is 3.90. The smallest absolute Gasteiger partial charge is 0.143 e. The molecule has 146 valence electrons. The number of carbonyl (C=O) groups excluding carboxylic acids is 1. The Morgan fingerprint density at radius 1 is 1.07 bits per heavy atom. The molecule has 1 heterocycles. The van der Waals surface area contributed by atoms with E-state index in [0.29, 0.717) is 12.8 Å². The van der Waals surface area contributed by atoms with Gasteiger partial charge in [0.15, 0.2) is 0 Å². The lowest BCUT2D eigenvalue weighted by Crippen LogP contribution is -2.34. The van der Waals surface area contributed by atoms with Gasteiger partial charge in [-0.25, -0.2) is 4.39 Å². The first-order valence-corrected chi connectivity index (χ1v) is 9.78. The molecule has 3 aromatic carbocycles. The molecule has 1 N–H and O–H groups in total. The highest BCUT2D eigenvalue weighted by atomic mass is 19.1. The van der Waals surface area contributed by atoms with Crippen LogP contribution in [0, 0.1) is 11.2 Å². The fourth-order valence-electron chi connectivity index (χ4n) is 4.52. The van der Waals surface area contributed by atoms with E-state index < -0.39 is 5.41 Å². The van der Waals surface area contributed by atoms with Crippen molar-refractivity contribution in [3.05, 3.63) is 82.9 Å². The average molecular weight is 388 g/mol. The summed E-state index contributed by atoms with van der Waals surface area (Å²) in [5.41, 5.74) is 2.28. The second-order valence-corrected chi connectivity index (χ2v) is 8.58. The maximum Gasteiger partial charge on any atom is 0.143 e. The highest BCUT2D eigenvalue weighted by Crippen LogP contribution is 2.52. The van der Waals surface area contributed by atoms with Gasteiger partial charge in [-0.3, -0.25) is 4.79 Å². The van der Waals surface area contributed by atoms with Crippen molar-refractivity contribution >= 4 is 16.6 Å². The maximum atomic E-state index is 13.6. The number of Topliss-reactive ketones (excluding diaryl/α,β-unsaturated/α-hetero) is 1. The van der Waals surface area contributed by atoms with E-state index in [4.69, 9.17) is 4.74 Å². The van der Waals surface area contributed by atoms with Crippen molar-refractivity contribution in [3.8, 4) is 11.5 Å². The average Bonchev–Trinajstić information content (AvgIpc) is 2.68. The van der Waals surface area contributed by atoms with E-state index in [1.807, 2.05) is 32.0 Å². The summed E-state index contributed by atoms with van der Waals surface area (Å²) in [5, 5.41) is 12.0. The summed E-state index contributed by atoms with van der Waals surface area (Å²) in [4.78, 5) is 12.8. The summed E-state index contributed by atoms with van der Waals surface area (Å²) >= 11 is 0. The Bertz CT molecular complexity index is 1190. The Morgan fingerprint density at radius 2 is 1.79 bits per heavy atom. The minimum atomic E-state index is -0.473. The van der Waals surface area contributed by atoms with Gasteiger partial charge in [-0.1, -0.05) is 38.1 Å². The quantitative estimate of drug-likeness (QED) is 0.569. The summed E-state index contributed by atoms with van der Waals surface area (Å²) in [6, 6.07) is 15.6. The van der Waals surface area contributed by atoms with Crippen molar-refractivity contribution < 1.29 is 19.0 Å². The molecule has 0 spiro atoms. The lowest BCUT2D eigenvalue weighted by molar-refractivity contribution is -0.127. The number of hydrogen-bond acceptors (Lipinski definition) is 3. The van der Waals surface area contributed by atoms with Gasteiger partial charge < -0.3 is 9.84 Å². The van der Waals surface area contributed by atoms with E-state index in [1.54, 1.807) is 24.3 Å². The number of phenols is 1. The van der Waals surface area contributed by atoms with Crippen LogP contribution >= 0.6 is 0 Å². The zero-order chi connectivity index (χ0) is 20.3. The second kappa shape index (κ2) is 6.18. The van der Waals surface area contributed by atoms with E-state index in [0.717, 1.165) is 39.0 Å². The van der Waals surface area contributed by atoms with E-state index in [2.05, 4.69) is 0 Å². The van der Waals surface area contributed by atoms with Gasteiger partial charge in [0, 0.05) is 29.7 Å². The van der Waals surface area contributed by atoms with Crippen molar-refractivity contribution in [1.29, 1.82) is 0 Å². The number of ketones is 1. The summed E-state index contributed by atoms with van der Waals surface area (Å²) < 4.78 is 19.9. The predicted octanol–water partition coefficient (Wildman–Crippen LogP) is 5.85. The Labute approximate surface area is 168 Å². The number of hydrogen-bond donors (Lipinski definition) is 1. The fraction of sp³-hybridized carbons (Fsp3) is 0.240. The molecule has 3 nitrogen and oxygen atoms in total. The monoisotopic (exact) mass is 388 g/mol. The van der Waals surface area contributed by atoms with Gasteiger partial charge in [0.2, 0.25) is 0 Å². The van der Waals surface area contributed by atoms with Crippen LogP contribution in [0.1, 0.15) is 43.7 Å². The predicted molar refractivity (Wildman–Crippen MR) is 110 cm³/mol. The highest BCUT2D eigenvalue weighted by Gasteiger charge is 2.42. The molecule has 4 heteroatoms. The van der Waals surface area contributed by atoms with Gasteiger partial charge in [0.1, 0.15) is 28.9 Å². The zero-order valence-corrected chi connectivity index (χ0v) is 16.3. The van der Waals surface area contributed by atoms with Crippen molar-refractivity contribution in [2.24, 2.45) is 5.41 Å². The van der Waals surface area contributed by atoms with E-state index in [9.17, 15) is 14.3 Å². The normalized spacial score (nSPS) is 20.2. The lowest BCUT2D eigenvalue weighted by atomic mass is 9.69. The number of aromatic hydroxyl groups is 1. The van der Waals surface area contributed by atoms with Gasteiger partial charge in [0.05, 0.1) is 0 Å². The fourth-order valence-corrected chi connectivity index (χ4v) is 4.52. The van der Waals surface area contributed by atoms with E-state index in [-0.39, 0.29) is 23.3 Å². The molecule has 5 rings (SSSR count). The summed E-state index contributed by atoms with van der Waals surface area (Å²) in [5.74, 6) is 1.38. The molecule has 1 atom stereocenters. The molecular weight excluding hydrogens is 367 g/mol. The van der Waals surface area contributed by atoms with Gasteiger partial charge in [0.25, 0.3) is 0 Å². The third kappa shape index (κ3) is 2.82. The van der Waals surface area contributed by atoms with Gasteiger partial charge >= 0.3 is 0 Å². The van der Waals surface area contributed by atoms with Crippen LogP contribution in [-0.2, 0) is 4.79 Å². The number of rotatable bonds is 1. The van der Waals surface area contributed by atoms with Crippen LogP contribution in [-0.4, -0.2) is 10.9 Å². The third-order valence-electron chi connectivity index (χ3n) is 6.15. The molecule has 2 aliphatic rings. The van der Waals surface area contributed by atoms with Crippen molar-refractivity contribution in [2.75, 3.05) is 0 Å². The molecule has 1 aliphatic heterocycles. The van der Waals surface area contributed by atoms with Crippen LogP contribution in [0.25, 0.3) is 10.8 Å². The first kappa shape index (κ1) is 17.9. The number of halogens is 1. The van der Waals surface area contributed by atoms with Crippen LogP contribution in [0.4, 0.5) is 4.39 Å². The van der Waals surface area contributed by atoms with Gasteiger partial charge in [-0.15, -0.1) is 0 Å². The Kier molecular flexibility index (Phi) is 3.82. The minimum absolute atomic E-state index is 0.171. The van der Waals surface area contributed by atoms with Crippen molar-refractivity contribution in [2.45, 2.75) is 32.6 Å². The number of ether oxygens (including phenoxy) is 1. The Morgan fingerprint density at radius 3 is 2.55 bits per heavy atom. The first-order valence-electron chi connectivity index (χ1n) is 9.78. The molecule has 1 unspecified atom stereocenters. The largest absolute Gasteiger partial charge is 0.508 e. The zero-order valence-electron chi connectivity index (χ0n) is 16.3. The number of benzene rings is 3. The lowest BCUT2D eigenvalue weighted by Gasteiger charge is -2.39. The first-order chi connectivity index (χ1) is 13.8. The SMILES string of the molecule is CC1(C)CC2=C(CC1=O)C(c1ccc(F)cc1)c1c(ccc3ccc(O)cc13)O2. The molecule has 3 aromatic rings. The Hall–Kier alpha value is -3.14. The van der Waals surface area contributed by atoms with E-state index in [1.165, 1.54) is 12.1 Å². The third-order valence-corrected chi connectivity index (χ3v) is 6.15. The second-order valence-electron chi connectivity index (χ2n) is 8.58. The molecule has 1 aliphatic carbocycles. The highest BCUT2D eigenvalue weighted by molar-refractivity contribution is 5.93. The molecule has 0 radical (unpaired) electrons. The molecule has 0 saturated carbocycles. The van der Waals surface area contributed by atoms with Crippen molar-refractivity contribution in [3.63, 3.8) is 0 Å². The number of fused-ring (bicyclic) bond motifs is 3. The van der Waals surface area contributed by atoms with Gasteiger partial charge in [-0.05, 0) is 52.2 Å². The van der Waals surface area contributed by atoms with Crippen molar-refractivity contribution in [1.82, 2.24) is 0 Å². The Balaban J connectivity index is 1.80. The van der Waals surface area contributed by atoms with Crippen LogP contribution < -0.4 is 4.74 Å². The number of allylic oxidation sites excluding steroid dienone is 2. The molecule has 0 aromatic heterocycles. The maximum absolute atomic E-state index is 13.6. The molecule has 29 heavy (non-hydrogen) atoms. The van der Waals surface area contributed by atoms with Crippen LogP contribution in [0.15, 0.2) is 65.9 Å². The number of carbonyl (C=O) groups is 1. The molecular formula is C25H21FO3. The standard InChI is InChI=1S/C25H21FO3/c1-25(2)13-21-19(12-22(25)28)23(15-3-7-16(26)8-4-15)24-18-11-17(27)9-5-14(18)6-10-20(24)29-21/h3-11,23,27H,12-13H2,1-2H3. The molecule has 0 bridgehead atoms. The molecule has 0 fully saturated rings.